The second-order valence-electron chi connectivity index (χ2n) is 4.35. The van der Waals surface area contributed by atoms with Gasteiger partial charge in [-0.15, -0.1) is 0 Å². The van der Waals surface area contributed by atoms with E-state index in [0.29, 0.717) is 0 Å². The summed E-state index contributed by atoms with van der Waals surface area (Å²) in [6.07, 6.45) is 9.93. The molecule has 0 fully saturated rings. The van der Waals surface area contributed by atoms with Crippen molar-refractivity contribution < 1.29 is 9.47 Å². The molecule has 16 heavy (non-hydrogen) atoms. The van der Waals surface area contributed by atoms with E-state index in [1.165, 1.54) is 38.5 Å². The predicted octanol–water partition coefficient (Wildman–Crippen LogP) is 4.53. The topological polar surface area (TPSA) is 18.5 Å². The van der Waals surface area contributed by atoms with Crippen LogP contribution in [0.1, 0.15) is 72.1 Å². The Bertz CT molecular complexity index is 126. The third-order valence-corrected chi connectivity index (χ3v) is 2.64. The van der Waals surface area contributed by atoms with E-state index in [2.05, 4.69) is 20.8 Å². The molecule has 2 nitrogen and oxygen atoms in total. The molecule has 0 saturated carbocycles. The van der Waals surface area contributed by atoms with Crippen molar-refractivity contribution in [2.75, 3.05) is 13.2 Å². The summed E-state index contributed by atoms with van der Waals surface area (Å²) in [5, 5.41) is 0. The molecule has 1 unspecified atom stereocenters. The van der Waals surface area contributed by atoms with Crippen LogP contribution in [0.15, 0.2) is 0 Å². The van der Waals surface area contributed by atoms with Gasteiger partial charge in [0, 0.05) is 13.2 Å². The van der Waals surface area contributed by atoms with Gasteiger partial charge in [-0.2, -0.15) is 0 Å². The van der Waals surface area contributed by atoms with Crippen LogP contribution in [0.25, 0.3) is 0 Å². The second-order valence-corrected chi connectivity index (χ2v) is 4.35. The van der Waals surface area contributed by atoms with Gasteiger partial charge in [0.2, 0.25) is 0 Å². The molecule has 0 aromatic rings. The average Bonchev–Trinajstić information content (AvgIpc) is 2.32. The largest absolute Gasteiger partial charge is 0.353 e. The molecule has 1 atom stereocenters. The highest BCUT2D eigenvalue weighted by molar-refractivity contribution is 4.45. The van der Waals surface area contributed by atoms with Gasteiger partial charge >= 0.3 is 0 Å². The van der Waals surface area contributed by atoms with Gasteiger partial charge in [-0.05, 0) is 19.3 Å². The van der Waals surface area contributed by atoms with Gasteiger partial charge in [0.1, 0.15) is 0 Å². The first-order valence-electron chi connectivity index (χ1n) is 7.08. The Labute approximate surface area is 102 Å². The monoisotopic (exact) mass is 230 g/mol. The predicted molar refractivity (Wildman–Crippen MR) is 69.7 cm³/mol. The summed E-state index contributed by atoms with van der Waals surface area (Å²) in [5.74, 6) is 0. The zero-order valence-electron chi connectivity index (χ0n) is 11.5. The number of hydrogen-bond donors (Lipinski definition) is 0. The number of unbranched alkanes of at least 4 members (excludes halogenated alkanes) is 5. The fraction of sp³-hybridized carbons (Fsp3) is 1.00. The molecule has 0 spiro atoms. The highest BCUT2D eigenvalue weighted by Crippen LogP contribution is 2.07. The summed E-state index contributed by atoms with van der Waals surface area (Å²) in [6.45, 7) is 8.16. The lowest BCUT2D eigenvalue weighted by Gasteiger charge is -2.16. The lowest BCUT2D eigenvalue weighted by Crippen LogP contribution is -2.17. The lowest BCUT2D eigenvalue weighted by molar-refractivity contribution is -0.144. The van der Waals surface area contributed by atoms with Gasteiger partial charge in [-0.25, -0.2) is 0 Å². The van der Waals surface area contributed by atoms with E-state index in [9.17, 15) is 0 Å². The molecule has 0 aliphatic heterocycles. The second kappa shape index (κ2) is 13.0. The quantitative estimate of drug-likeness (QED) is 0.362. The Morgan fingerprint density at radius 3 is 1.94 bits per heavy atom. The van der Waals surface area contributed by atoms with Crippen molar-refractivity contribution in [2.45, 2.75) is 78.4 Å². The van der Waals surface area contributed by atoms with Gasteiger partial charge in [-0.3, -0.25) is 0 Å². The fourth-order valence-corrected chi connectivity index (χ4v) is 1.63. The van der Waals surface area contributed by atoms with Crippen LogP contribution >= 0.6 is 0 Å². The Hall–Kier alpha value is -0.0800. The maximum Gasteiger partial charge on any atom is 0.157 e. The lowest BCUT2D eigenvalue weighted by atomic mass is 10.1. The van der Waals surface area contributed by atoms with Gasteiger partial charge in [0.25, 0.3) is 0 Å². The van der Waals surface area contributed by atoms with E-state index in [-0.39, 0.29) is 6.29 Å². The van der Waals surface area contributed by atoms with Crippen molar-refractivity contribution in [1.29, 1.82) is 0 Å². The molecule has 0 aliphatic rings. The van der Waals surface area contributed by atoms with Crippen LogP contribution in [-0.2, 0) is 9.47 Å². The van der Waals surface area contributed by atoms with E-state index < -0.39 is 0 Å². The highest BCUT2D eigenvalue weighted by atomic mass is 16.7. The van der Waals surface area contributed by atoms with Gasteiger partial charge < -0.3 is 9.47 Å². The molecule has 0 aromatic heterocycles. The molecule has 0 aromatic carbocycles. The first kappa shape index (κ1) is 15.9. The van der Waals surface area contributed by atoms with Crippen LogP contribution in [0.5, 0.6) is 0 Å². The molecule has 0 saturated heterocycles. The van der Waals surface area contributed by atoms with Gasteiger partial charge in [0.05, 0.1) is 0 Å². The molecule has 98 valence electrons. The summed E-state index contributed by atoms with van der Waals surface area (Å²) in [4.78, 5) is 0. The third-order valence-electron chi connectivity index (χ3n) is 2.64. The van der Waals surface area contributed by atoms with Gasteiger partial charge in [0.15, 0.2) is 6.29 Å². The normalized spacial score (nSPS) is 12.9. The Balaban J connectivity index is 3.20. The SMILES string of the molecule is CCCCCCCCOC(CC)OCCC. The standard InChI is InChI=1S/C14H30O2/c1-4-7-8-9-10-11-13-16-14(6-3)15-12-5-2/h14H,4-13H2,1-3H3. The van der Waals surface area contributed by atoms with Crippen LogP contribution < -0.4 is 0 Å². The summed E-state index contributed by atoms with van der Waals surface area (Å²) in [5.41, 5.74) is 0. The molecule has 0 heterocycles. The Morgan fingerprint density at radius 1 is 0.688 bits per heavy atom. The van der Waals surface area contributed by atoms with Crippen LogP contribution in [-0.4, -0.2) is 19.5 Å². The first-order valence-corrected chi connectivity index (χ1v) is 7.08. The van der Waals surface area contributed by atoms with E-state index in [1.807, 2.05) is 0 Å². The molecule has 2 heteroatoms. The summed E-state index contributed by atoms with van der Waals surface area (Å²) in [7, 11) is 0. The minimum absolute atomic E-state index is 0.0237. The molecule has 0 N–H and O–H groups in total. The van der Waals surface area contributed by atoms with Crippen molar-refractivity contribution in [3.8, 4) is 0 Å². The average molecular weight is 230 g/mol. The Morgan fingerprint density at radius 2 is 1.31 bits per heavy atom. The minimum Gasteiger partial charge on any atom is -0.353 e. The zero-order chi connectivity index (χ0) is 12.1. The zero-order valence-corrected chi connectivity index (χ0v) is 11.5. The van der Waals surface area contributed by atoms with Crippen LogP contribution in [0, 0.1) is 0 Å². The number of hydrogen-bond acceptors (Lipinski definition) is 2. The van der Waals surface area contributed by atoms with Crippen molar-refractivity contribution in [3.63, 3.8) is 0 Å². The van der Waals surface area contributed by atoms with E-state index in [1.54, 1.807) is 0 Å². The number of rotatable bonds is 12. The summed E-state index contributed by atoms with van der Waals surface area (Å²) < 4.78 is 11.2. The van der Waals surface area contributed by atoms with Gasteiger partial charge in [-0.1, -0.05) is 52.9 Å². The minimum atomic E-state index is 0.0237. The van der Waals surface area contributed by atoms with Crippen molar-refractivity contribution in [1.82, 2.24) is 0 Å². The fourth-order valence-electron chi connectivity index (χ4n) is 1.63. The maximum atomic E-state index is 5.68. The molecular weight excluding hydrogens is 200 g/mol. The van der Waals surface area contributed by atoms with E-state index in [4.69, 9.17) is 9.47 Å². The third kappa shape index (κ3) is 10.4. The van der Waals surface area contributed by atoms with E-state index >= 15 is 0 Å². The van der Waals surface area contributed by atoms with Crippen molar-refractivity contribution >= 4 is 0 Å². The number of ether oxygens (including phenoxy) is 2. The highest BCUT2D eigenvalue weighted by Gasteiger charge is 2.04. The van der Waals surface area contributed by atoms with E-state index in [0.717, 1.165) is 26.1 Å². The first-order chi connectivity index (χ1) is 7.85. The summed E-state index contributed by atoms with van der Waals surface area (Å²) >= 11 is 0. The van der Waals surface area contributed by atoms with Crippen LogP contribution in [0.4, 0.5) is 0 Å². The summed E-state index contributed by atoms with van der Waals surface area (Å²) in [6, 6.07) is 0. The Kier molecular flexibility index (Phi) is 12.9. The molecule has 0 radical (unpaired) electrons. The molecule has 0 amide bonds. The smallest absolute Gasteiger partial charge is 0.157 e. The van der Waals surface area contributed by atoms with Crippen LogP contribution in [0.2, 0.25) is 0 Å². The van der Waals surface area contributed by atoms with Crippen molar-refractivity contribution in [2.24, 2.45) is 0 Å². The molecule has 0 rings (SSSR count). The van der Waals surface area contributed by atoms with Crippen LogP contribution in [0.3, 0.4) is 0 Å². The molecular formula is C14H30O2. The van der Waals surface area contributed by atoms with Crippen molar-refractivity contribution in [3.05, 3.63) is 0 Å². The molecule has 0 bridgehead atoms. The molecule has 0 aliphatic carbocycles. The maximum absolute atomic E-state index is 5.68.